The van der Waals surface area contributed by atoms with E-state index in [4.69, 9.17) is 0 Å². The number of phenols is 2. The van der Waals surface area contributed by atoms with Gasteiger partial charge in [-0.25, -0.2) is 4.57 Å². The van der Waals surface area contributed by atoms with E-state index in [1.807, 2.05) is 12.2 Å². The fraction of sp³-hybridized carbons (Fsp3) is 0.235. The van der Waals surface area contributed by atoms with Crippen molar-refractivity contribution in [3.05, 3.63) is 53.9 Å². The molecule has 0 amide bonds. The van der Waals surface area contributed by atoms with Crippen LogP contribution in [0.5, 0.6) is 11.5 Å². The van der Waals surface area contributed by atoms with E-state index in [0.717, 1.165) is 17.7 Å². The van der Waals surface area contributed by atoms with Crippen LogP contribution in [0.2, 0.25) is 0 Å². The third kappa shape index (κ3) is 3.85. The Bertz CT molecular complexity index is 588. The molecular formula is C17H20NO2+. The van der Waals surface area contributed by atoms with Gasteiger partial charge in [-0.2, -0.15) is 0 Å². The second-order valence-corrected chi connectivity index (χ2v) is 4.80. The van der Waals surface area contributed by atoms with Crippen molar-refractivity contribution in [3.63, 3.8) is 0 Å². The largest absolute Gasteiger partial charge is 0.504 e. The van der Waals surface area contributed by atoms with Gasteiger partial charge in [-0.05, 0) is 23.3 Å². The van der Waals surface area contributed by atoms with Gasteiger partial charge in [-0.15, -0.1) is 0 Å². The topological polar surface area (TPSA) is 44.3 Å². The van der Waals surface area contributed by atoms with Gasteiger partial charge in [-0.3, -0.25) is 0 Å². The summed E-state index contributed by atoms with van der Waals surface area (Å²) in [5.74, 6) is -0.198. The molecule has 0 aliphatic carbocycles. The summed E-state index contributed by atoms with van der Waals surface area (Å²) in [4.78, 5) is 0. The van der Waals surface area contributed by atoms with Crippen LogP contribution in [0, 0.1) is 0 Å². The Morgan fingerprint density at radius 2 is 1.65 bits per heavy atom. The predicted octanol–water partition coefficient (Wildman–Crippen LogP) is 3.36. The molecule has 0 fully saturated rings. The summed E-state index contributed by atoms with van der Waals surface area (Å²) < 4.78 is 2.17. The van der Waals surface area contributed by atoms with Crippen molar-refractivity contribution in [2.75, 3.05) is 0 Å². The molecule has 20 heavy (non-hydrogen) atoms. The van der Waals surface area contributed by atoms with Gasteiger partial charge in [0.25, 0.3) is 0 Å². The lowest BCUT2D eigenvalue weighted by atomic mass is 10.1. The fourth-order valence-corrected chi connectivity index (χ4v) is 1.91. The van der Waals surface area contributed by atoms with E-state index in [2.05, 4.69) is 36.0 Å². The van der Waals surface area contributed by atoms with Crippen LogP contribution in [0.3, 0.4) is 0 Å². The molecule has 0 saturated carbocycles. The number of phenolic OH excluding ortho intramolecular Hbond substituents is 2. The zero-order chi connectivity index (χ0) is 14.4. The van der Waals surface area contributed by atoms with E-state index in [0.29, 0.717) is 0 Å². The predicted molar refractivity (Wildman–Crippen MR) is 80.2 cm³/mol. The molecule has 1 aromatic heterocycles. The molecule has 0 aliphatic heterocycles. The van der Waals surface area contributed by atoms with Crippen molar-refractivity contribution < 1.29 is 14.8 Å². The Morgan fingerprint density at radius 1 is 0.950 bits per heavy atom. The molecule has 0 bridgehead atoms. The number of aryl methyl sites for hydroxylation is 1. The highest BCUT2D eigenvalue weighted by Crippen LogP contribution is 2.25. The second-order valence-electron chi connectivity index (χ2n) is 4.80. The van der Waals surface area contributed by atoms with Gasteiger partial charge in [0, 0.05) is 18.6 Å². The Hall–Kier alpha value is -2.29. The van der Waals surface area contributed by atoms with E-state index < -0.39 is 0 Å². The minimum Gasteiger partial charge on any atom is -0.504 e. The van der Waals surface area contributed by atoms with E-state index >= 15 is 0 Å². The summed E-state index contributed by atoms with van der Waals surface area (Å²) in [6.45, 7) is 3.23. The van der Waals surface area contributed by atoms with Gasteiger partial charge in [0.2, 0.25) is 0 Å². The highest BCUT2D eigenvalue weighted by molar-refractivity contribution is 5.70. The first-order valence-electron chi connectivity index (χ1n) is 6.88. The van der Waals surface area contributed by atoms with Crippen LogP contribution in [0.15, 0.2) is 42.7 Å². The molecule has 0 spiro atoms. The molecule has 3 nitrogen and oxygen atoms in total. The first kappa shape index (κ1) is 14.1. The number of benzene rings is 1. The summed E-state index contributed by atoms with van der Waals surface area (Å²) in [6.07, 6.45) is 10.4. The lowest BCUT2D eigenvalue weighted by Crippen LogP contribution is -2.32. The van der Waals surface area contributed by atoms with Crippen LogP contribution < -0.4 is 4.57 Å². The van der Waals surface area contributed by atoms with Gasteiger partial charge in [0.1, 0.15) is 6.54 Å². The van der Waals surface area contributed by atoms with Crippen molar-refractivity contribution >= 4 is 12.2 Å². The molecule has 0 radical (unpaired) electrons. The van der Waals surface area contributed by atoms with Crippen LogP contribution >= 0.6 is 0 Å². The molecule has 2 rings (SSSR count). The van der Waals surface area contributed by atoms with Crippen LogP contribution in [0.4, 0.5) is 0 Å². The first-order chi connectivity index (χ1) is 9.69. The summed E-state index contributed by atoms with van der Waals surface area (Å²) in [5, 5.41) is 18.7. The van der Waals surface area contributed by atoms with Crippen LogP contribution in [-0.4, -0.2) is 10.2 Å². The third-order valence-electron chi connectivity index (χ3n) is 3.15. The smallest absolute Gasteiger partial charge is 0.169 e. The number of rotatable bonds is 5. The summed E-state index contributed by atoms with van der Waals surface area (Å²) in [5.41, 5.74) is 1.95. The van der Waals surface area contributed by atoms with Crippen LogP contribution in [-0.2, 0) is 6.54 Å². The monoisotopic (exact) mass is 270 g/mol. The number of aromatic hydroxyl groups is 2. The van der Waals surface area contributed by atoms with Crippen LogP contribution in [0.25, 0.3) is 12.2 Å². The Morgan fingerprint density at radius 3 is 2.30 bits per heavy atom. The number of nitrogens with zero attached hydrogens (tertiary/aromatic N) is 1. The number of pyridine rings is 1. The normalized spacial score (nSPS) is 11.1. The molecule has 3 heteroatoms. The zero-order valence-corrected chi connectivity index (χ0v) is 11.7. The maximum Gasteiger partial charge on any atom is 0.169 e. The lowest BCUT2D eigenvalue weighted by Gasteiger charge is -1.99. The van der Waals surface area contributed by atoms with Crippen molar-refractivity contribution in [1.82, 2.24) is 0 Å². The van der Waals surface area contributed by atoms with Gasteiger partial charge in [-0.1, -0.05) is 31.6 Å². The van der Waals surface area contributed by atoms with Gasteiger partial charge in [0.05, 0.1) is 0 Å². The molecule has 2 N–H and O–H groups in total. The SMILES string of the molecule is CCCC[n+]1ccc(/C=C/c2ccc(O)c(O)c2)cc1. The Balaban J connectivity index is 2.05. The Kier molecular flexibility index (Phi) is 4.77. The van der Waals surface area contributed by atoms with E-state index in [1.54, 1.807) is 6.07 Å². The number of hydrogen-bond acceptors (Lipinski definition) is 2. The molecule has 1 heterocycles. The Labute approximate surface area is 119 Å². The van der Waals surface area contributed by atoms with E-state index in [1.165, 1.54) is 25.0 Å². The average molecular weight is 270 g/mol. The highest BCUT2D eigenvalue weighted by atomic mass is 16.3. The summed E-state index contributed by atoms with van der Waals surface area (Å²) in [6, 6.07) is 8.91. The molecule has 104 valence electrons. The molecule has 2 aromatic rings. The second kappa shape index (κ2) is 6.75. The van der Waals surface area contributed by atoms with Crippen LogP contribution in [0.1, 0.15) is 30.9 Å². The van der Waals surface area contributed by atoms with Crippen molar-refractivity contribution in [1.29, 1.82) is 0 Å². The molecule has 0 atom stereocenters. The minimum atomic E-state index is -0.0994. The minimum absolute atomic E-state index is 0.0983. The maximum atomic E-state index is 9.43. The molecule has 0 saturated heterocycles. The first-order valence-corrected chi connectivity index (χ1v) is 6.88. The zero-order valence-electron chi connectivity index (χ0n) is 11.7. The van der Waals surface area contributed by atoms with Crippen molar-refractivity contribution in [2.24, 2.45) is 0 Å². The van der Waals surface area contributed by atoms with Gasteiger partial charge in [0.15, 0.2) is 23.9 Å². The van der Waals surface area contributed by atoms with Crippen molar-refractivity contribution in [2.45, 2.75) is 26.3 Å². The fourth-order valence-electron chi connectivity index (χ4n) is 1.91. The summed E-state index contributed by atoms with van der Waals surface area (Å²) in [7, 11) is 0. The number of hydrogen-bond donors (Lipinski definition) is 2. The van der Waals surface area contributed by atoms with Gasteiger partial charge < -0.3 is 10.2 Å². The summed E-state index contributed by atoms with van der Waals surface area (Å²) >= 11 is 0. The van der Waals surface area contributed by atoms with E-state index in [-0.39, 0.29) is 11.5 Å². The third-order valence-corrected chi connectivity index (χ3v) is 3.15. The highest BCUT2D eigenvalue weighted by Gasteiger charge is 1.99. The molecular weight excluding hydrogens is 250 g/mol. The number of aromatic nitrogens is 1. The average Bonchev–Trinajstić information content (AvgIpc) is 2.47. The number of unbranched alkanes of at least 4 members (excludes halogenated alkanes) is 1. The molecule has 0 unspecified atom stereocenters. The lowest BCUT2D eigenvalue weighted by molar-refractivity contribution is -0.697. The maximum absolute atomic E-state index is 9.43. The molecule has 1 aromatic carbocycles. The van der Waals surface area contributed by atoms with E-state index in [9.17, 15) is 10.2 Å². The quantitative estimate of drug-likeness (QED) is 0.646. The molecule has 0 aliphatic rings. The standard InChI is InChI=1S/C17H19NO2/c1-2-3-10-18-11-8-14(9-12-18)4-5-15-6-7-16(19)17(20)13-15/h4-9,11-13,20H,2-3,10H2,1H3/p+1. The van der Waals surface area contributed by atoms with Crippen molar-refractivity contribution in [3.8, 4) is 11.5 Å². The van der Waals surface area contributed by atoms with Gasteiger partial charge >= 0.3 is 0 Å².